The third kappa shape index (κ3) is 33.6. The molecule has 0 radical (unpaired) electrons. The molecule has 16 unspecified atom stereocenters. The maximum atomic E-state index is 12.3. The van der Waals surface area contributed by atoms with Crippen LogP contribution in [0.2, 0.25) is 0 Å². The van der Waals surface area contributed by atoms with Crippen LogP contribution < -0.4 is 14.8 Å². The number of benzene rings is 2. The number of nitrogens with one attached hydrogen (secondary N) is 1. The Bertz CT molecular complexity index is 2640. The summed E-state index contributed by atoms with van der Waals surface area (Å²) in [5.74, 6) is 1.70. The van der Waals surface area contributed by atoms with Gasteiger partial charge in [-0.3, -0.25) is 15.0 Å². The second kappa shape index (κ2) is 46.8. The second-order valence-electron chi connectivity index (χ2n) is 22.2. The third-order valence-electron chi connectivity index (χ3n) is 13.2. The van der Waals surface area contributed by atoms with Crippen molar-refractivity contribution in [3.8, 4) is 33.8 Å². The molecule has 0 saturated heterocycles. The maximum Gasteiger partial charge on any atom is 0.410 e. The molecule has 89 heavy (non-hydrogen) atoms. The zero-order chi connectivity index (χ0) is 66.9. The van der Waals surface area contributed by atoms with Crippen molar-refractivity contribution in [2.24, 2.45) is 4.99 Å². The molecule has 6 rings (SSSR count). The van der Waals surface area contributed by atoms with E-state index in [-0.39, 0.29) is 107 Å². The van der Waals surface area contributed by atoms with Crippen LogP contribution in [-0.2, 0) is 16.0 Å². The normalized spacial score (nSPS) is 17.4. The fourth-order valence-electron chi connectivity index (χ4n) is 8.99. The van der Waals surface area contributed by atoms with E-state index >= 15 is 0 Å². The quantitative estimate of drug-likeness (QED) is 0.0641. The van der Waals surface area contributed by atoms with E-state index in [0.29, 0.717) is 6.04 Å². The number of methoxy groups -OCH3 is 2. The molecule has 4 aromatic rings. The summed E-state index contributed by atoms with van der Waals surface area (Å²) in [6, 6.07) is 21.5. The zero-order valence-electron chi connectivity index (χ0n) is 52.6. The molecule has 0 aliphatic heterocycles. The Balaban J connectivity index is 0.000000341. The Morgan fingerprint density at radius 1 is 0.551 bits per heavy atom. The summed E-state index contributed by atoms with van der Waals surface area (Å²) in [5.41, 5.74) is 5.68. The first-order valence-electron chi connectivity index (χ1n) is 27.8. The highest BCUT2D eigenvalue weighted by Crippen LogP contribution is 3.32. The molecule has 1 N–H and O–H groups in total. The van der Waals surface area contributed by atoms with E-state index in [0.717, 1.165) is 111 Å². The number of amides is 2. The van der Waals surface area contributed by atoms with Crippen LogP contribution in [0, 0.1) is 0 Å². The Morgan fingerprint density at radius 2 is 0.910 bits per heavy atom. The van der Waals surface area contributed by atoms with Gasteiger partial charge in [-0.05, 0) is 241 Å². The van der Waals surface area contributed by atoms with E-state index in [4.69, 9.17) is 23.9 Å². The average molecular weight is 1720 g/mol. The average Bonchev–Trinajstić information content (AvgIpc) is 2.49. The van der Waals surface area contributed by atoms with E-state index < -0.39 is 11.2 Å². The van der Waals surface area contributed by atoms with Crippen LogP contribution in [0.15, 0.2) is 90.4 Å². The highest BCUT2D eigenvalue weighted by Gasteiger charge is 2.44. The number of aromatic nitrogens is 2. The number of hydrogen-bond donors (Lipinski definition) is 1. The van der Waals surface area contributed by atoms with Gasteiger partial charge in [-0.2, -0.15) is 0 Å². The van der Waals surface area contributed by atoms with Gasteiger partial charge in [0.05, 0.1) is 20.3 Å². The summed E-state index contributed by atoms with van der Waals surface area (Å²) in [6.45, 7) is 12.9. The lowest BCUT2D eigenvalue weighted by atomic mass is 9.90. The predicted molar refractivity (Wildman–Crippen MR) is 477 cm³/mol. The van der Waals surface area contributed by atoms with Gasteiger partial charge in [0.15, 0.2) is 0 Å². The first-order chi connectivity index (χ1) is 41.7. The van der Waals surface area contributed by atoms with Crippen LogP contribution in [0.3, 0.4) is 0 Å². The van der Waals surface area contributed by atoms with Gasteiger partial charge in [-0.1, -0.05) is 20.1 Å². The van der Waals surface area contributed by atoms with Gasteiger partial charge in [-0.15, -0.1) is 134 Å². The van der Waals surface area contributed by atoms with Gasteiger partial charge in [-0.25, -0.2) is 9.59 Å². The molecular weight excluding hydrogens is 1620 g/mol. The number of pyridine rings is 2. The molecule has 2 fully saturated rings. The van der Waals surface area contributed by atoms with Crippen molar-refractivity contribution in [1.82, 2.24) is 25.1 Å². The Morgan fingerprint density at radius 3 is 1.26 bits per heavy atom. The largest absolute Gasteiger partial charge is 0.496 e. The molecule has 0 spiro atoms. The van der Waals surface area contributed by atoms with E-state index in [1.54, 1.807) is 36.4 Å². The zero-order valence-corrected chi connectivity index (χ0v) is 80.8. The molecule has 16 atom stereocenters. The molecule has 2 aromatic carbocycles. The molecule has 2 aliphatic carbocycles. The molecule has 0 bridgehead atoms. The SMILES string of the molecule is COc1ccc(-c2ccncc2)cc1C=NC1CCC(N(C)C(=O)OC(C)(C)C)CC1.COc1ccc(-c2ccncc2)cc1CNC1CCC(N(C)C(=O)OC(C)(C)C)CC1.PP(P)P(P(P)P)P(P(P(P)P)P(P)P)P(P(P)P)P(P)P.PPP(P)P. The summed E-state index contributed by atoms with van der Waals surface area (Å²) in [6.07, 6.45) is 16.4. The number of hydrogen-bond acceptors (Lipinski definition) is 10. The van der Waals surface area contributed by atoms with Gasteiger partial charge in [0.1, 0.15) is 22.7 Å². The summed E-state index contributed by atoms with van der Waals surface area (Å²) in [5, 5.41) is 3.69. The van der Waals surface area contributed by atoms with E-state index in [2.05, 4.69) is 167 Å². The van der Waals surface area contributed by atoms with E-state index in [9.17, 15) is 9.59 Å². The fraction of sp³-hybridized carbons (Fsp3) is 0.500. The highest BCUT2D eigenvalue weighted by atomic mass is 33.4. The molecule has 2 heterocycles. The van der Waals surface area contributed by atoms with Gasteiger partial charge < -0.3 is 34.1 Å². The lowest BCUT2D eigenvalue weighted by Gasteiger charge is -2.47. The van der Waals surface area contributed by atoms with Crippen LogP contribution in [0.25, 0.3) is 22.3 Å². The van der Waals surface area contributed by atoms with Crippen LogP contribution in [0.1, 0.15) is 104 Å². The van der Waals surface area contributed by atoms with Crippen LogP contribution in [0.5, 0.6) is 11.5 Å². The Hall–Kier alpha value is 6.12. The summed E-state index contributed by atoms with van der Waals surface area (Å²) in [7, 11) is 54.5. The Kier molecular flexibility index (Phi) is 46.9. The maximum absolute atomic E-state index is 12.3. The summed E-state index contributed by atoms with van der Waals surface area (Å²) < 4.78 is 22.1. The van der Waals surface area contributed by atoms with Crippen molar-refractivity contribution in [2.45, 2.75) is 135 Å². The summed E-state index contributed by atoms with van der Waals surface area (Å²) >= 11 is 0. The second-order valence-corrected chi connectivity index (χ2v) is 123. The summed E-state index contributed by atoms with van der Waals surface area (Å²) in [4.78, 5) is 41.2. The number of carbonyl (C=O) groups excluding carboxylic acids is 2. The predicted octanol–water partition coefficient (Wildman–Crippen LogP) is 25.3. The van der Waals surface area contributed by atoms with Gasteiger partial charge in [0.25, 0.3) is 0 Å². The lowest BCUT2D eigenvalue weighted by Crippen LogP contribution is -2.44. The highest BCUT2D eigenvalue weighted by molar-refractivity contribution is 9.38. The Labute approximate surface area is 584 Å². The van der Waals surface area contributed by atoms with E-state index in [1.807, 2.05) is 117 Å². The van der Waals surface area contributed by atoms with Crippen LogP contribution in [0.4, 0.5) is 9.59 Å². The van der Waals surface area contributed by atoms with Crippen molar-refractivity contribution in [3.05, 3.63) is 96.6 Å². The fourth-order valence-corrected chi connectivity index (χ4v) is 282. The minimum atomic E-state index is -0.476. The molecule has 2 amide bonds. The van der Waals surface area contributed by atoms with E-state index in [1.165, 1.54) is 0 Å². The number of rotatable bonds is 21. The molecule has 12 nitrogen and oxygen atoms in total. The minimum absolute atomic E-state index is 0.00720. The van der Waals surface area contributed by atoms with Gasteiger partial charge in [0, 0.05) is 80.9 Å². The van der Waals surface area contributed by atoms with Crippen molar-refractivity contribution in [1.29, 1.82) is 0 Å². The lowest BCUT2D eigenvalue weighted by molar-refractivity contribution is 0.0171. The molecule has 2 saturated carbocycles. The third-order valence-corrected chi connectivity index (χ3v) is 163. The smallest absolute Gasteiger partial charge is 0.410 e. The van der Waals surface area contributed by atoms with Crippen molar-refractivity contribution < 1.29 is 28.5 Å². The van der Waals surface area contributed by atoms with Gasteiger partial charge in [0.2, 0.25) is 0 Å². The molecule has 39 heteroatoms. The first-order valence-corrected chi connectivity index (χ1v) is 75.2. The van der Waals surface area contributed by atoms with Crippen molar-refractivity contribution >= 4 is 237 Å². The van der Waals surface area contributed by atoms with Crippen molar-refractivity contribution in [3.63, 3.8) is 0 Å². The van der Waals surface area contributed by atoms with Crippen LogP contribution in [-0.4, -0.2) is 102 Å². The number of carbonyl (C=O) groups is 2. The van der Waals surface area contributed by atoms with Gasteiger partial charge >= 0.3 is 12.2 Å². The molecular formula is C50H99N6O6P27. The first kappa shape index (κ1) is 89.3. The molecule has 2 aliphatic rings. The van der Waals surface area contributed by atoms with Crippen molar-refractivity contribution in [2.75, 3.05) is 28.3 Å². The topological polar surface area (TPSA) is 128 Å². The standard InChI is InChI=1S/C25H35N3O3.C25H33N3O3.H24P22.H7P5/c2*1-25(2,3)31-24(29)28(4)22-9-7-21(8-10-22)27-17-20-16-19(6-11-23(20)30-5)18-12-14-26-15-13-18;1-13(2)19(14(3)4)22(20(15(5)6)16(7)8)21(17(9)10)18(11)12;1-4-5(2)3/h6,11-16,21-22,27H,7-10,17H2,1-5H3;6,11-17,21-22H,7-10H2,1-5H3;1-12H2;4H,1-3H2. The molecule has 2 aromatic heterocycles. The number of ether oxygens (including phenoxy) is 4. The number of aliphatic imine (C=N–C) groups is 1. The minimum Gasteiger partial charge on any atom is -0.496 e. The number of nitrogens with zero attached hydrogens (tertiary/aromatic N) is 5. The molecule has 500 valence electrons. The monoisotopic (exact) mass is 1720 g/mol. The van der Waals surface area contributed by atoms with Crippen LogP contribution >= 0.6 is 219 Å².